The van der Waals surface area contributed by atoms with E-state index in [-0.39, 0.29) is 80.5 Å². The number of carbonyl (C=O) groups is 5. The van der Waals surface area contributed by atoms with Gasteiger partial charge >= 0.3 is 12.0 Å². The van der Waals surface area contributed by atoms with Gasteiger partial charge in [-0.05, 0) is 98.4 Å². The molecule has 65 heavy (non-hydrogen) atoms. The lowest BCUT2D eigenvalue weighted by Gasteiger charge is -2.19. The van der Waals surface area contributed by atoms with Gasteiger partial charge in [0.25, 0.3) is 0 Å². The van der Waals surface area contributed by atoms with E-state index in [9.17, 15) is 39.0 Å². The predicted octanol–water partition coefficient (Wildman–Crippen LogP) is 4.51. The molecule has 17 nitrogen and oxygen atoms in total. The summed E-state index contributed by atoms with van der Waals surface area (Å²) in [5, 5.41) is 50.3. The first-order valence-electron chi connectivity index (χ1n) is 21.3. The quantitative estimate of drug-likeness (QED) is 0.0261. The second-order valence-corrected chi connectivity index (χ2v) is 16.1. The van der Waals surface area contributed by atoms with Gasteiger partial charge in [0.05, 0.1) is 6.61 Å². The number of phenolic OH excluding ortho intramolecular Hbond substituents is 1. The fourth-order valence-corrected chi connectivity index (χ4v) is 7.29. The Morgan fingerprint density at radius 3 is 2.17 bits per heavy atom. The van der Waals surface area contributed by atoms with Crippen molar-refractivity contribution in [3.05, 3.63) is 106 Å². The highest BCUT2D eigenvalue weighted by Crippen LogP contribution is 2.42. The normalized spacial score (nSPS) is 12.4. The van der Waals surface area contributed by atoms with Gasteiger partial charge in [-0.3, -0.25) is 24.0 Å². The Kier molecular flexibility index (Phi) is 18.2. The third kappa shape index (κ3) is 15.3. The third-order valence-corrected chi connectivity index (χ3v) is 10.6. The van der Waals surface area contributed by atoms with Crippen LogP contribution in [-0.2, 0) is 32.2 Å². The molecule has 1 heterocycles. The van der Waals surface area contributed by atoms with Gasteiger partial charge in [0.1, 0.15) is 23.1 Å². The maximum Gasteiger partial charge on any atom is 0.315 e. The topological polar surface area (TPSA) is 260 Å². The van der Waals surface area contributed by atoms with Gasteiger partial charge in [0.15, 0.2) is 10.5 Å². The fraction of sp³-hybridized carbons (Fsp3) is 0.340. The first kappa shape index (κ1) is 49.0. The molecule has 18 heteroatoms. The summed E-state index contributed by atoms with van der Waals surface area (Å²) in [4.78, 5) is 73.9. The lowest BCUT2D eigenvalue weighted by Crippen LogP contribution is -2.49. The van der Waals surface area contributed by atoms with Crippen LogP contribution in [0.3, 0.4) is 0 Å². The molecule has 5 amide bonds. The first-order valence-corrected chi connectivity index (χ1v) is 21.7. The largest absolute Gasteiger partial charge is 0.508 e. The number of benzene rings is 4. The molecule has 10 N–H and O–H groups in total. The van der Waals surface area contributed by atoms with Crippen molar-refractivity contribution in [1.82, 2.24) is 31.9 Å². The molecule has 0 aromatic heterocycles. The summed E-state index contributed by atoms with van der Waals surface area (Å²) in [7, 11) is 0. The molecule has 344 valence electrons. The highest BCUT2D eigenvalue weighted by Gasteiger charge is 2.22. The molecule has 0 spiro atoms. The van der Waals surface area contributed by atoms with Crippen molar-refractivity contribution in [2.45, 2.75) is 83.5 Å². The minimum atomic E-state index is -0.940. The molecule has 2 aliphatic rings. The van der Waals surface area contributed by atoms with Crippen molar-refractivity contribution in [2.24, 2.45) is 0 Å². The van der Waals surface area contributed by atoms with Crippen molar-refractivity contribution in [3.8, 4) is 28.2 Å². The Morgan fingerprint density at radius 1 is 0.738 bits per heavy atom. The number of aromatic hydroxyl groups is 1. The number of carboxylic acids is 1. The van der Waals surface area contributed by atoms with E-state index in [1.807, 2.05) is 36.4 Å². The molecule has 0 saturated heterocycles. The summed E-state index contributed by atoms with van der Waals surface area (Å²) in [6.07, 6.45) is 1.47. The van der Waals surface area contributed by atoms with Gasteiger partial charge in [-0.25, -0.2) is 4.79 Å². The number of aliphatic carboxylic acids is 1. The van der Waals surface area contributed by atoms with Gasteiger partial charge in [-0.2, -0.15) is 0 Å². The molecule has 0 saturated carbocycles. The van der Waals surface area contributed by atoms with E-state index in [2.05, 4.69) is 37.2 Å². The van der Waals surface area contributed by atoms with Crippen LogP contribution in [-0.4, -0.2) is 87.9 Å². The SMILES string of the molecule is CC(CCC(=O)O)NC(=O)NC(C)CCC(=O)NCCNC(=O)C(Cc1ccccc1)NC(=O)CCCNC(=S)Nc1ccc(-c2c3ccc(=O)cc-3oc3cc(O)ccc23)c(CO)c1. The first-order chi connectivity index (χ1) is 31.2. The Morgan fingerprint density at radius 2 is 1.45 bits per heavy atom. The molecule has 3 aromatic carbocycles. The number of thiocarbonyl (C=S) groups is 1. The van der Waals surface area contributed by atoms with Crippen molar-refractivity contribution < 1.29 is 43.7 Å². The van der Waals surface area contributed by atoms with E-state index >= 15 is 0 Å². The number of hydrogen-bond acceptors (Lipinski definition) is 10. The average molecular weight is 910 g/mol. The van der Waals surface area contributed by atoms with Gasteiger partial charge in [-0.1, -0.05) is 36.4 Å². The summed E-state index contributed by atoms with van der Waals surface area (Å²) in [6, 6.07) is 21.9. The third-order valence-electron chi connectivity index (χ3n) is 10.4. The van der Waals surface area contributed by atoms with Crippen molar-refractivity contribution >= 4 is 63.7 Å². The summed E-state index contributed by atoms with van der Waals surface area (Å²) in [6.45, 7) is 3.77. The standard InChI is InChI=1S/C47H55N7O10S/c1-28(51-46(63)52-29(2)11-19-43(60)61)10-18-41(58)48-21-22-49-45(62)38(23-30-7-4-3-5-8-30)54-42(59)9-6-20-50-47(65)53-32-12-15-35(31(24-32)27-55)44-36-16-13-33(56)25-39(36)64-40-26-34(57)14-17-37(40)44/h3-5,7-8,12-17,24-26,28-29,38,55-56H,6,9-11,18-23,27H2,1-2H3,(H,48,58)(H,49,62)(H,54,59)(H,60,61)(H2,50,53,65)(H2,51,52,63). The Labute approximate surface area is 381 Å². The van der Waals surface area contributed by atoms with E-state index in [4.69, 9.17) is 21.7 Å². The maximum absolute atomic E-state index is 13.3. The summed E-state index contributed by atoms with van der Waals surface area (Å²) < 4.78 is 5.96. The second-order valence-electron chi connectivity index (χ2n) is 15.7. The van der Waals surface area contributed by atoms with Crippen LogP contribution in [0.1, 0.15) is 63.5 Å². The number of phenols is 1. The zero-order valence-electron chi connectivity index (χ0n) is 36.2. The number of aliphatic hydroxyl groups excluding tert-OH is 1. The predicted molar refractivity (Wildman–Crippen MR) is 250 cm³/mol. The van der Waals surface area contributed by atoms with Crippen molar-refractivity contribution in [1.29, 1.82) is 0 Å². The molecule has 1 aliphatic carbocycles. The van der Waals surface area contributed by atoms with E-state index in [1.165, 1.54) is 18.2 Å². The summed E-state index contributed by atoms with van der Waals surface area (Å²) >= 11 is 5.52. The van der Waals surface area contributed by atoms with Crippen LogP contribution in [0.5, 0.6) is 5.75 Å². The highest BCUT2D eigenvalue weighted by molar-refractivity contribution is 7.80. The molecule has 3 atom stereocenters. The Hall–Kier alpha value is -7.05. The van der Waals surface area contributed by atoms with Crippen LogP contribution in [0.2, 0.25) is 0 Å². The molecule has 3 unspecified atom stereocenters. The van der Waals surface area contributed by atoms with Crippen LogP contribution >= 0.6 is 12.2 Å². The van der Waals surface area contributed by atoms with Crippen LogP contribution in [0.25, 0.3) is 33.4 Å². The minimum absolute atomic E-state index is 0.00380. The van der Waals surface area contributed by atoms with E-state index in [0.717, 1.165) is 11.1 Å². The lowest BCUT2D eigenvalue weighted by molar-refractivity contribution is -0.137. The van der Waals surface area contributed by atoms with Crippen LogP contribution in [0, 0.1) is 0 Å². The van der Waals surface area contributed by atoms with Crippen LogP contribution in [0.4, 0.5) is 10.5 Å². The number of rotatable bonds is 22. The fourth-order valence-electron chi connectivity index (χ4n) is 7.07. The summed E-state index contributed by atoms with van der Waals surface area (Å²) in [5.74, 6) is -1.60. The zero-order chi connectivity index (χ0) is 46.9. The Balaban J connectivity index is 1.06. The monoisotopic (exact) mass is 909 g/mol. The number of anilines is 1. The number of amides is 5. The number of aliphatic hydroxyl groups is 1. The molecule has 0 bridgehead atoms. The van der Waals surface area contributed by atoms with E-state index < -0.39 is 23.9 Å². The molecular weight excluding hydrogens is 855 g/mol. The smallest absolute Gasteiger partial charge is 0.315 e. The van der Waals surface area contributed by atoms with Gasteiger partial charge < -0.3 is 57.0 Å². The number of nitrogens with one attached hydrogen (secondary N) is 7. The second kappa shape index (κ2) is 24.1. The number of carboxylic acid groups (broad SMARTS) is 1. The summed E-state index contributed by atoms with van der Waals surface area (Å²) in [5.41, 5.74) is 4.25. The minimum Gasteiger partial charge on any atom is -0.508 e. The van der Waals surface area contributed by atoms with E-state index in [1.54, 1.807) is 44.2 Å². The number of fused-ring (bicyclic) bond motifs is 2. The number of urea groups is 1. The molecule has 1 aliphatic heterocycles. The molecular formula is C47H55N7O10S. The number of carbonyl (C=O) groups excluding carboxylic acids is 4. The maximum atomic E-state index is 13.3. The van der Waals surface area contributed by atoms with Gasteiger partial charge in [0.2, 0.25) is 17.7 Å². The van der Waals surface area contributed by atoms with Crippen molar-refractivity contribution in [2.75, 3.05) is 25.0 Å². The van der Waals surface area contributed by atoms with Crippen LogP contribution < -0.4 is 42.6 Å². The van der Waals surface area contributed by atoms with Crippen molar-refractivity contribution in [3.63, 3.8) is 0 Å². The average Bonchev–Trinajstić information content (AvgIpc) is 3.27. The Bertz CT molecular complexity index is 2500. The lowest BCUT2D eigenvalue weighted by atomic mass is 9.90. The zero-order valence-corrected chi connectivity index (χ0v) is 37.0. The molecule has 5 rings (SSSR count). The highest BCUT2D eigenvalue weighted by atomic mass is 32.1. The van der Waals surface area contributed by atoms with E-state index in [0.29, 0.717) is 70.0 Å². The number of hydrogen-bond donors (Lipinski definition) is 10. The van der Waals surface area contributed by atoms with Crippen LogP contribution in [0.15, 0.2) is 94.1 Å². The molecule has 0 radical (unpaired) electrons. The van der Waals surface area contributed by atoms with Gasteiger partial charge in [0, 0.05) is 91.7 Å². The molecule has 3 aromatic rings. The molecule has 0 fully saturated rings. The van der Waals surface area contributed by atoms with Gasteiger partial charge in [-0.15, -0.1) is 0 Å².